The predicted octanol–water partition coefficient (Wildman–Crippen LogP) is 6.18. The first-order chi connectivity index (χ1) is 15.3. The van der Waals surface area contributed by atoms with Crippen molar-refractivity contribution in [2.24, 2.45) is 0 Å². The first kappa shape index (κ1) is 15.8. The van der Waals surface area contributed by atoms with E-state index in [4.69, 9.17) is 4.98 Å². The summed E-state index contributed by atoms with van der Waals surface area (Å²) in [4.78, 5) is 9.44. The average molecular weight is 395 g/mol. The maximum Gasteiger partial charge on any atom is 0.145 e. The lowest BCUT2D eigenvalue weighted by Crippen LogP contribution is -1.93. The van der Waals surface area contributed by atoms with E-state index < -0.39 is 0 Å². The van der Waals surface area contributed by atoms with Crippen LogP contribution in [0.3, 0.4) is 0 Å². The Morgan fingerprint density at radius 2 is 1.42 bits per heavy atom. The van der Waals surface area contributed by atoms with E-state index in [2.05, 4.69) is 64.0 Å². The van der Waals surface area contributed by atoms with Crippen LogP contribution in [-0.2, 0) is 12.8 Å². The minimum absolute atomic E-state index is 0.983. The van der Waals surface area contributed by atoms with Crippen LogP contribution in [0.4, 0.5) is 0 Å². The standard InChI is InChI=1S/C28H17N3/c1-2-5-20-16(4-1)10-17-11-18-12-19-13-25-24(15-23(19)22(18)14-21(17)20)27-26(6-3-7-29-27)31-9-8-30-28(25)31/h1-9,11,13-15H,10,12H2. The fraction of sp³-hybridized carbons (Fsp3) is 0.0714. The van der Waals surface area contributed by atoms with Gasteiger partial charge in [0.05, 0.1) is 11.0 Å². The summed E-state index contributed by atoms with van der Waals surface area (Å²) < 4.78 is 2.16. The molecule has 0 unspecified atom stereocenters. The van der Waals surface area contributed by atoms with Gasteiger partial charge in [0, 0.05) is 29.4 Å². The number of imidazole rings is 1. The van der Waals surface area contributed by atoms with E-state index in [1.54, 1.807) is 0 Å². The van der Waals surface area contributed by atoms with Crippen molar-refractivity contribution in [1.82, 2.24) is 14.4 Å². The first-order valence-electron chi connectivity index (χ1n) is 10.8. The van der Waals surface area contributed by atoms with Crippen LogP contribution in [0.15, 0.2) is 79.3 Å². The predicted molar refractivity (Wildman–Crippen MR) is 124 cm³/mol. The zero-order chi connectivity index (χ0) is 20.1. The van der Waals surface area contributed by atoms with Gasteiger partial charge < -0.3 is 0 Å². The van der Waals surface area contributed by atoms with E-state index >= 15 is 0 Å². The van der Waals surface area contributed by atoms with Crippen LogP contribution in [-0.4, -0.2) is 14.4 Å². The van der Waals surface area contributed by atoms with Crippen LogP contribution in [0.5, 0.6) is 0 Å². The maximum absolute atomic E-state index is 4.76. The number of aromatic nitrogens is 3. The number of rotatable bonds is 0. The number of hydrogen-bond acceptors (Lipinski definition) is 2. The van der Waals surface area contributed by atoms with Crippen molar-refractivity contribution in [2.45, 2.75) is 12.8 Å². The van der Waals surface area contributed by atoms with Gasteiger partial charge in [0.2, 0.25) is 0 Å². The van der Waals surface area contributed by atoms with E-state index in [1.165, 1.54) is 55.3 Å². The van der Waals surface area contributed by atoms with Gasteiger partial charge in [-0.15, -0.1) is 0 Å². The fourth-order valence-corrected chi connectivity index (χ4v) is 5.76. The minimum Gasteiger partial charge on any atom is -0.298 e. The van der Waals surface area contributed by atoms with E-state index in [0.29, 0.717) is 0 Å². The molecule has 0 N–H and O–H groups in total. The van der Waals surface area contributed by atoms with Crippen molar-refractivity contribution in [3.05, 3.63) is 102 Å². The molecule has 3 heteroatoms. The van der Waals surface area contributed by atoms with Crippen LogP contribution in [0.25, 0.3) is 49.7 Å². The Hall–Kier alpha value is -3.98. The monoisotopic (exact) mass is 395 g/mol. The Morgan fingerprint density at radius 1 is 0.613 bits per heavy atom. The zero-order valence-corrected chi connectivity index (χ0v) is 16.8. The Labute approximate surface area is 178 Å². The van der Waals surface area contributed by atoms with Crippen molar-refractivity contribution >= 4 is 27.5 Å². The van der Waals surface area contributed by atoms with Crippen LogP contribution in [0.2, 0.25) is 0 Å². The Bertz CT molecular complexity index is 1740. The molecule has 6 aromatic rings. The highest BCUT2D eigenvalue weighted by molar-refractivity contribution is 6.12. The summed E-state index contributed by atoms with van der Waals surface area (Å²) in [7, 11) is 0. The highest BCUT2D eigenvalue weighted by Crippen LogP contribution is 2.46. The van der Waals surface area contributed by atoms with Crippen molar-refractivity contribution in [1.29, 1.82) is 0 Å². The molecule has 2 aliphatic carbocycles. The molecule has 0 spiro atoms. The summed E-state index contributed by atoms with van der Waals surface area (Å²) >= 11 is 0. The second-order valence-electron chi connectivity index (χ2n) is 8.72. The number of hydrogen-bond donors (Lipinski definition) is 0. The molecule has 3 aromatic carbocycles. The Balaban J connectivity index is 1.45. The molecule has 0 aliphatic heterocycles. The lowest BCUT2D eigenvalue weighted by molar-refractivity contribution is 1.21. The number of fused-ring (bicyclic) bond motifs is 12. The van der Waals surface area contributed by atoms with Gasteiger partial charge >= 0.3 is 0 Å². The normalized spacial score (nSPS) is 13.5. The minimum atomic E-state index is 0.983. The largest absolute Gasteiger partial charge is 0.298 e. The van der Waals surface area contributed by atoms with Crippen LogP contribution in [0.1, 0.15) is 22.3 Å². The lowest BCUT2D eigenvalue weighted by Gasteiger charge is -2.10. The van der Waals surface area contributed by atoms with Crippen molar-refractivity contribution < 1.29 is 0 Å². The second kappa shape index (κ2) is 5.38. The highest BCUT2D eigenvalue weighted by atomic mass is 15.0. The number of pyridine rings is 2. The summed E-state index contributed by atoms with van der Waals surface area (Å²) in [6.07, 6.45) is 7.82. The molecule has 0 fully saturated rings. The third-order valence-electron chi connectivity index (χ3n) is 7.11. The molecule has 0 radical (unpaired) electrons. The van der Waals surface area contributed by atoms with Gasteiger partial charge in [0.1, 0.15) is 5.65 Å². The van der Waals surface area contributed by atoms with Crippen molar-refractivity contribution in [2.75, 3.05) is 0 Å². The van der Waals surface area contributed by atoms with E-state index in [-0.39, 0.29) is 0 Å². The molecule has 3 aromatic heterocycles. The third-order valence-corrected chi connectivity index (χ3v) is 7.11. The van der Waals surface area contributed by atoms with E-state index in [0.717, 1.165) is 29.5 Å². The van der Waals surface area contributed by atoms with E-state index in [1.807, 2.05) is 24.7 Å². The smallest absolute Gasteiger partial charge is 0.145 e. The average Bonchev–Trinajstić information content (AvgIpc) is 3.51. The Morgan fingerprint density at radius 3 is 2.39 bits per heavy atom. The molecule has 0 atom stereocenters. The molecule has 8 rings (SSSR count). The van der Waals surface area contributed by atoms with Gasteiger partial charge in [-0.3, -0.25) is 9.38 Å². The van der Waals surface area contributed by atoms with Crippen LogP contribution >= 0.6 is 0 Å². The maximum atomic E-state index is 4.76. The van der Waals surface area contributed by atoms with Crippen LogP contribution in [0, 0.1) is 0 Å². The summed E-state index contributed by atoms with van der Waals surface area (Å²) in [6.45, 7) is 0. The van der Waals surface area contributed by atoms with Gasteiger partial charge in [-0.2, -0.15) is 0 Å². The highest BCUT2D eigenvalue weighted by Gasteiger charge is 2.26. The molecule has 0 saturated carbocycles. The summed E-state index contributed by atoms with van der Waals surface area (Å²) in [5.74, 6) is 0. The number of benzene rings is 3. The molecule has 2 aliphatic rings. The summed E-state index contributed by atoms with van der Waals surface area (Å²) in [5, 5.41) is 2.36. The second-order valence-corrected chi connectivity index (χ2v) is 8.72. The van der Waals surface area contributed by atoms with Crippen molar-refractivity contribution in [3.8, 4) is 22.3 Å². The fourth-order valence-electron chi connectivity index (χ4n) is 5.76. The molecule has 3 nitrogen and oxygen atoms in total. The molecule has 3 heterocycles. The van der Waals surface area contributed by atoms with Crippen LogP contribution < -0.4 is 0 Å². The SMILES string of the molecule is c1ccc2c(c1)Cc1cc3c(cc1-2)-c1cc2c(cc1C3)c1nccn1c1cccnc21. The summed E-state index contributed by atoms with van der Waals surface area (Å²) in [6, 6.07) is 22.5. The van der Waals surface area contributed by atoms with Gasteiger partial charge in [0.25, 0.3) is 0 Å². The van der Waals surface area contributed by atoms with Gasteiger partial charge in [-0.05, 0) is 87.7 Å². The topological polar surface area (TPSA) is 30.2 Å². The van der Waals surface area contributed by atoms with Gasteiger partial charge in [0.15, 0.2) is 0 Å². The molecule has 31 heavy (non-hydrogen) atoms. The molecule has 0 saturated heterocycles. The van der Waals surface area contributed by atoms with E-state index in [9.17, 15) is 0 Å². The molecular weight excluding hydrogens is 378 g/mol. The third kappa shape index (κ3) is 1.94. The molecule has 0 bridgehead atoms. The quantitative estimate of drug-likeness (QED) is 0.287. The molecule has 0 amide bonds. The van der Waals surface area contributed by atoms with Crippen molar-refractivity contribution in [3.63, 3.8) is 0 Å². The summed E-state index contributed by atoms with van der Waals surface area (Å²) in [5.41, 5.74) is 14.4. The number of nitrogens with zero attached hydrogens (tertiary/aromatic N) is 3. The molecular formula is C28H17N3. The van der Waals surface area contributed by atoms with Gasteiger partial charge in [-0.1, -0.05) is 30.3 Å². The Kier molecular flexibility index (Phi) is 2.74. The van der Waals surface area contributed by atoms with Gasteiger partial charge in [-0.25, -0.2) is 4.98 Å². The first-order valence-corrected chi connectivity index (χ1v) is 10.8. The molecule has 144 valence electrons. The zero-order valence-electron chi connectivity index (χ0n) is 16.8. The lowest BCUT2D eigenvalue weighted by atomic mass is 9.96.